The van der Waals surface area contributed by atoms with Gasteiger partial charge in [-0.25, -0.2) is 13.6 Å². The summed E-state index contributed by atoms with van der Waals surface area (Å²) in [7, 11) is 1.07. The second-order valence-corrected chi connectivity index (χ2v) is 4.93. The van der Waals surface area contributed by atoms with Crippen LogP contribution in [0.3, 0.4) is 0 Å². The lowest BCUT2D eigenvalue weighted by Crippen LogP contribution is -2.48. The lowest BCUT2D eigenvalue weighted by atomic mass is 9.96. The molecule has 0 heterocycles. The first-order chi connectivity index (χ1) is 9.72. The number of halogens is 2. The van der Waals surface area contributed by atoms with Crippen LogP contribution in [0.15, 0.2) is 12.1 Å². The molecule has 1 unspecified atom stereocenters. The highest BCUT2D eigenvalue weighted by Crippen LogP contribution is 2.22. The second-order valence-electron chi connectivity index (χ2n) is 4.93. The highest BCUT2D eigenvalue weighted by atomic mass is 19.1. The normalized spacial score (nSPS) is 13.4. The number of anilines is 1. The minimum absolute atomic E-state index is 0.324. The number of hydrogen-bond donors (Lipinski definition) is 2. The Morgan fingerprint density at radius 1 is 1.33 bits per heavy atom. The van der Waals surface area contributed by atoms with Gasteiger partial charge in [-0.05, 0) is 19.4 Å². The van der Waals surface area contributed by atoms with Crippen LogP contribution in [-0.4, -0.2) is 24.5 Å². The molecular formula is C14H18F2N2O3. The van der Waals surface area contributed by atoms with Crippen LogP contribution in [-0.2, 0) is 9.53 Å². The SMILES string of the molecule is CCCC(C)(N)C(=O)Nc1cc(C(=O)OC)c(F)cc1F. The molecule has 0 saturated heterocycles. The van der Waals surface area contributed by atoms with Gasteiger partial charge in [0.1, 0.15) is 11.6 Å². The first kappa shape index (κ1) is 17.0. The van der Waals surface area contributed by atoms with Crippen molar-refractivity contribution in [2.75, 3.05) is 12.4 Å². The third-order valence-electron chi connectivity index (χ3n) is 3.00. The molecule has 0 aromatic heterocycles. The number of rotatable bonds is 5. The summed E-state index contributed by atoms with van der Waals surface area (Å²) >= 11 is 0. The zero-order valence-corrected chi connectivity index (χ0v) is 12.1. The van der Waals surface area contributed by atoms with Gasteiger partial charge in [0, 0.05) is 6.07 Å². The Morgan fingerprint density at radius 3 is 2.48 bits per heavy atom. The molecule has 0 radical (unpaired) electrons. The van der Waals surface area contributed by atoms with Crippen LogP contribution < -0.4 is 11.1 Å². The van der Waals surface area contributed by atoms with Crippen molar-refractivity contribution in [3.63, 3.8) is 0 Å². The lowest BCUT2D eigenvalue weighted by molar-refractivity contribution is -0.120. The predicted octanol–water partition coefficient (Wildman–Crippen LogP) is 2.21. The molecular weight excluding hydrogens is 282 g/mol. The van der Waals surface area contributed by atoms with Crippen molar-refractivity contribution >= 4 is 17.6 Å². The van der Waals surface area contributed by atoms with Gasteiger partial charge in [0.2, 0.25) is 5.91 Å². The Kier molecular flexibility index (Phi) is 5.37. The Hall–Kier alpha value is -2.02. The Balaban J connectivity index is 3.09. The monoisotopic (exact) mass is 300 g/mol. The van der Waals surface area contributed by atoms with Crippen molar-refractivity contribution in [2.45, 2.75) is 32.2 Å². The third-order valence-corrected chi connectivity index (χ3v) is 3.00. The highest BCUT2D eigenvalue weighted by Gasteiger charge is 2.28. The van der Waals surface area contributed by atoms with E-state index in [9.17, 15) is 18.4 Å². The average Bonchev–Trinajstić information content (AvgIpc) is 2.40. The maximum Gasteiger partial charge on any atom is 0.340 e. The van der Waals surface area contributed by atoms with Gasteiger partial charge < -0.3 is 15.8 Å². The van der Waals surface area contributed by atoms with E-state index < -0.39 is 34.6 Å². The van der Waals surface area contributed by atoms with E-state index in [4.69, 9.17) is 5.73 Å². The molecule has 116 valence electrons. The van der Waals surface area contributed by atoms with Gasteiger partial charge in [0.15, 0.2) is 0 Å². The van der Waals surface area contributed by atoms with Crippen LogP contribution in [0.2, 0.25) is 0 Å². The summed E-state index contributed by atoms with van der Waals surface area (Å²) in [5.41, 5.74) is 3.84. The van der Waals surface area contributed by atoms with Crippen LogP contribution in [0.4, 0.5) is 14.5 Å². The van der Waals surface area contributed by atoms with Crippen LogP contribution in [0.5, 0.6) is 0 Å². The quantitative estimate of drug-likeness (QED) is 0.817. The molecule has 21 heavy (non-hydrogen) atoms. The van der Waals surface area contributed by atoms with Gasteiger partial charge >= 0.3 is 5.97 Å². The van der Waals surface area contributed by atoms with E-state index in [2.05, 4.69) is 10.1 Å². The first-order valence-corrected chi connectivity index (χ1v) is 6.40. The van der Waals surface area contributed by atoms with E-state index in [1.165, 1.54) is 6.92 Å². The molecule has 7 heteroatoms. The summed E-state index contributed by atoms with van der Waals surface area (Å²) in [6.45, 7) is 3.36. The number of carbonyl (C=O) groups is 2. The summed E-state index contributed by atoms with van der Waals surface area (Å²) in [5.74, 6) is -3.65. The van der Waals surface area contributed by atoms with Gasteiger partial charge in [0.05, 0.1) is 23.9 Å². The molecule has 5 nitrogen and oxygen atoms in total. The number of ether oxygens (including phenoxy) is 1. The molecule has 0 spiro atoms. The summed E-state index contributed by atoms with van der Waals surface area (Å²) in [4.78, 5) is 23.4. The fourth-order valence-corrected chi connectivity index (χ4v) is 1.81. The fraction of sp³-hybridized carbons (Fsp3) is 0.429. The molecule has 0 aliphatic rings. The van der Waals surface area contributed by atoms with Gasteiger partial charge in [0.25, 0.3) is 0 Å². The minimum Gasteiger partial charge on any atom is -0.465 e. The summed E-state index contributed by atoms with van der Waals surface area (Å²) in [6.07, 6.45) is 1.06. The number of carbonyl (C=O) groups excluding carboxylic acids is 2. The van der Waals surface area contributed by atoms with E-state index in [-0.39, 0.29) is 5.69 Å². The predicted molar refractivity (Wildman–Crippen MR) is 73.8 cm³/mol. The van der Waals surface area contributed by atoms with Crippen molar-refractivity contribution in [3.05, 3.63) is 29.3 Å². The number of hydrogen-bond acceptors (Lipinski definition) is 4. The van der Waals surface area contributed by atoms with E-state index in [1.807, 2.05) is 6.92 Å². The molecule has 0 bridgehead atoms. The smallest absolute Gasteiger partial charge is 0.340 e. The highest BCUT2D eigenvalue weighted by molar-refractivity contribution is 5.99. The Morgan fingerprint density at radius 2 is 1.95 bits per heavy atom. The van der Waals surface area contributed by atoms with E-state index in [0.29, 0.717) is 18.9 Å². The summed E-state index contributed by atoms with van der Waals surface area (Å²) < 4.78 is 31.6. The van der Waals surface area contributed by atoms with E-state index in [1.54, 1.807) is 0 Å². The van der Waals surface area contributed by atoms with Gasteiger partial charge in [-0.15, -0.1) is 0 Å². The van der Waals surface area contributed by atoms with Crippen molar-refractivity contribution in [1.82, 2.24) is 0 Å². The topological polar surface area (TPSA) is 81.4 Å². The lowest BCUT2D eigenvalue weighted by Gasteiger charge is -2.23. The number of benzene rings is 1. The van der Waals surface area contributed by atoms with E-state index in [0.717, 1.165) is 13.2 Å². The van der Waals surface area contributed by atoms with Crippen molar-refractivity contribution in [3.8, 4) is 0 Å². The molecule has 1 aromatic rings. The third kappa shape index (κ3) is 3.98. The fourth-order valence-electron chi connectivity index (χ4n) is 1.81. The van der Waals surface area contributed by atoms with Crippen LogP contribution in [0, 0.1) is 11.6 Å². The zero-order valence-electron chi connectivity index (χ0n) is 12.1. The largest absolute Gasteiger partial charge is 0.465 e. The first-order valence-electron chi connectivity index (χ1n) is 6.40. The number of nitrogens with two attached hydrogens (primary N) is 1. The maximum atomic E-state index is 13.7. The molecule has 1 aromatic carbocycles. The van der Waals surface area contributed by atoms with Crippen molar-refractivity contribution in [1.29, 1.82) is 0 Å². The average molecular weight is 300 g/mol. The number of esters is 1. The van der Waals surface area contributed by atoms with Gasteiger partial charge in [-0.3, -0.25) is 4.79 Å². The molecule has 0 fully saturated rings. The maximum absolute atomic E-state index is 13.7. The van der Waals surface area contributed by atoms with Crippen LogP contribution in [0.25, 0.3) is 0 Å². The summed E-state index contributed by atoms with van der Waals surface area (Å²) in [6, 6.07) is 1.39. The molecule has 0 aliphatic heterocycles. The standard InChI is InChI=1S/C14H18F2N2O3/c1-4-5-14(2,17)13(20)18-11-6-8(12(19)21-3)9(15)7-10(11)16/h6-7H,4-5,17H2,1-3H3,(H,18,20). The summed E-state index contributed by atoms with van der Waals surface area (Å²) in [5, 5.41) is 2.27. The van der Waals surface area contributed by atoms with Crippen molar-refractivity contribution in [2.24, 2.45) is 5.73 Å². The molecule has 1 amide bonds. The molecule has 1 rings (SSSR count). The molecule has 3 N–H and O–H groups in total. The van der Waals surface area contributed by atoms with Gasteiger partial charge in [-0.1, -0.05) is 13.3 Å². The molecule has 1 atom stereocenters. The van der Waals surface area contributed by atoms with Crippen LogP contribution in [0.1, 0.15) is 37.0 Å². The Bertz CT molecular complexity index is 559. The number of nitrogens with one attached hydrogen (secondary N) is 1. The minimum atomic E-state index is -1.19. The Labute approximate surface area is 121 Å². The van der Waals surface area contributed by atoms with E-state index >= 15 is 0 Å². The van der Waals surface area contributed by atoms with Crippen LogP contribution >= 0.6 is 0 Å². The number of methoxy groups -OCH3 is 1. The van der Waals surface area contributed by atoms with Gasteiger partial charge in [-0.2, -0.15) is 0 Å². The second kappa shape index (κ2) is 6.62. The molecule has 0 aliphatic carbocycles. The molecule has 0 saturated carbocycles. The number of amides is 1. The van der Waals surface area contributed by atoms with Crippen molar-refractivity contribution < 1.29 is 23.1 Å². The zero-order chi connectivity index (χ0) is 16.2.